The lowest BCUT2D eigenvalue weighted by Crippen LogP contribution is -2.30. The van der Waals surface area contributed by atoms with Crippen molar-refractivity contribution in [2.24, 2.45) is 17.8 Å². The molecule has 1 saturated heterocycles. The van der Waals surface area contributed by atoms with Gasteiger partial charge in [0.1, 0.15) is 0 Å². The molecule has 1 heterocycles. The Hall–Kier alpha value is -1.26. The number of carboxylic acid groups (broad SMARTS) is 1. The zero-order valence-electron chi connectivity index (χ0n) is 8.68. The third-order valence-corrected chi connectivity index (χ3v) is 3.35. The summed E-state index contributed by atoms with van der Waals surface area (Å²) < 4.78 is 4.86. The Morgan fingerprint density at radius 3 is 2.47 bits per heavy atom. The van der Waals surface area contributed by atoms with Gasteiger partial charge in [-0.2, -0.15) is 0 Å². The molecule has 1 aliphatic heterocycles. The maximum absolute atomic E-state index is 11.2. The van der Waals surface area contributed by atoms with E-state index in [9.17, 15) is 9.59 Å². The van der Waals surface area contributed by atoms with Crippen molar-refractivity contribution < 1.29 is 19.4 Å². The van der Waals surface area contributed by atoms with E-state index < -0.39 is 6.09 Å². The van der Waals surface area contributed by atoms with Gasteiger partial charge in [0.15, 0.2) is 0 Å². The van der Waals surface area contributed by atoms with E-state index >= 15 is 0 Å². The second-order valence-electron chi connectivity index (χ2n) is 4.19. The first-order chi connectivity index (χ1) is 7.13. The zero-order chi connectivity index (χ0) is 11.0. The molecule has 0 aromatic carbocycles. The monoisotopic (exact) mass is 213 g/mol. The number of piperidine rings is 1. The van der Waals surface area contributed by atoms with Crippen LogP contribution in [-0.4, -0.2) is 41.8 Å². The molecule has 1 aliphatic carbocycles. The minimum atomic E-state index is -0.850. The summed E-state index contributed by atoms with van der Waals surface area (Å²) in [6.45, 7) is 3.38. The van der Waals surface area contributed by atoms with Gasteiger partial charge in [0.2, 0.25) is 0 Å². The molecule has 2 rings (SSSR count). The van der Waals surface area contributed by atoms with Crippen molar-refractivity contribution in [2.75, 3.05) is 19.7 Å². The van der Waals surface area contributed by atoms with Gasteiger partial charge in [-0.3, -0.25) is 4.79 Å². The van der Waals surface area contributed by atoms with Crippen LogP contribution in [0.1, 0.15) is 13.3 Å². The van der Waals surface area contributed by atoms with E-state index in [1.807, 2.05) is 0 Å². The van der Waals surface area contributed by atoms with Gasteiger partial charge in [0.25, 0.3) is 0 Å². The van der Waals surface area contributed by atoms with Crippen molar-refractivity contribution in [1.82, 2.24) is 4.90 Å². The Morgan fingerprint density at radius 2 is 2.00 bits per heavy atom. The zero-order valence-corrected chi connectivity index (χ0v) is 8.68. The third-order valence-electron chi connectivity index (χ3n) is 3.35. The van der Waals surface area contributed by atoms with E-state index in [0.29, 0.717) is 43.9 Å². The summed E-state index contributed by atoms with van der Waals surface area (Å²) in [7, 11) is 0. The molecule has 0 aromatic rings. The molecule has 3 atom stereocenters. The fraction of sp³-hybridized carbons (Fsp3) is 0.800. The minimum absolute atomic E-state index is 0.154. The van der Waals surface area contributed by atoms with Crippen molar-refractivity contribution >= 4 is 12.1 Å². The van der Waals surface area contributed by atoms with Crippen LogP contribution in [0.3, 0.4) is 0 Å². The molecular weight excluding hydrogens is 198 g/mol. The molecule has 0 radical (unpaired) electrons. The van der Waals surface area contributed by atoms with Crippen LogP contribution < -0.4 is 0 Å². The fourth-order valence-corrected chi connectivity index (χ4v) is 2.52. The number of esters is 1. The van der Waals surface area contributed by atoms with Crippen LogP contribution in [-0.2, 0) is 9.53 Å². The molecule has 0 aromatic heterocycles. The van der Waals surface area contributed by atoms with Gasteiger partial charge in [-0.15, -0.1) is 0 Å². The lowest BCUT2D eigenvalue weighted by atomic mass is 10.2. The van der Waals surface area contributed by atoms with E-state index in [0.717, 1.165) is 0 Å². The standard InChI is InChI=1S/C10H15NO4/c1-2-15-9(12)3-6-7-4-11(10(13)14)5-8(6)7/h6-8H,2-5H2,1H3,(H,13,14)/t6?,7-,8?/m1/s1. The number of fused-ring (bicyclic) bond motifs is 1. The molecule has 5 nitrogen and oxygen atoms in total. The van der Waals surface area contributed by atoms with E-state index in [2.05, 4.69) is 0 Å². The maximum atomic E-state index is 11.2. The van der Waals surface area contributed by atoms with Crippen molar-refractivity contribution in [3.05, 3.63) is 0 Å². The molecule has 1 amide bonds. The summed E-state index contributed by atoms with van der Waals surface area (Å²) in [5.74, 6) is 0.995. The van der Waals surface area contributed by atoms with Crippen molar-refractivity contribution in [2.45, 2.75) is 13.3 Å². The highest BCUT2D eigenvalue weighted by Gasteiger charge is 2.57. The molecule has 2 aliphatic rings. The van der Waals surface area contributed by atoms with Gasteiger partial charge in [0.05, 0.1) is 6.61 Å². The van der Waals surface area contributed by atoms with Crippen LogP contribution in [0.4, 0.5) is 4.79 Å². The molecule has 5 heteroatoms. The number of rotatable bonds is 3. The number of nitrogens with zero attached hydrogens (tertiary/aromatic N) is 1. The summed E-state index contributed by atoms with van der Waals surface area (Å²) in [5.41, 5.74) is 0. The van der Waals surface area contributed by atoms with Crippen molar-refractivity contribution in [1.29, 1.82) is 0 Å². The van der Waals surface area contributed by atoms with E-state index in [1.165, 1.54) is 4.90 Å². The Bertz CT molecular complexity index is 279. The van der Waals surface area contributed by atoms with Crippen LogP contribution >= 0.6 is 0 Å². The van der Waals surface area contributed by atoms with Crippen LogP contribution in [0, 0.1) is 17.8 Å². The summed E-state index contributed by atoms with van der Waals surface area (Å²) >= 11 is 0. The van der Waals surface area contributed by atoms with Gasteiger partial charge in [-0.05, 0) is 24.7 Å². The van der Waals surface area contributed by atoms with Crippen LogP contribution in [0.15, 0.2) is 0 Å². The number of hydrogen-bond acceptors (Lipinski definition) is 3. The first kappa shape index (κ1) is 10.3. The normalized spacial score (nSPS) is 32.3. The molecule has 1 saturated carbocycles. The van der Waals surface area contributed by atoms with Crippen LogP contribution in [0.2, 0.25) is 0 Å². The molecule has 2 fully saturated rings. The van der Waals surface area contributed by atoms with Gasteiger partial charge < -0.3 is 14.7 Å². The topological polar surface area (TPSA) is 66.8 Å². The molecular formula is C10H15NO4. The molecule has 15 heavy (non-hydrogen) atoms. The fourth-order valence-electron chi connectivity index (χ4n) is 2.52. The predicted molar refractivity (Wildman–Crippen MR) is 51.3 cm³/mol. The average Bonchev–Trinajstić information content (AvgIpc) is 2.62. The van der Waals surface area contributed by atoms with E-state index in [4.69, 9.17) is 9.84 Å². The Labute approximate surface area is 88.0 Å². The van der Waals surface area contributed by atoms with Crippen molar-refractivity contribution in [3.8, 4) is 0 Å². The number of likely N-dealkylation sites (tertiary alicyclic amines) is 1. The Kier molecular flexibility index (Phi) is 2.54. The number of carbonyl (C=O) groups excluding carboxylic acids is 1. The van der Waals surface area contributed by atoms with E-state index in [-0.39, 0.29) is 5.97 Å². The maximum Gasteiger partial charge on any atom is 0.407 e. The summed E-state index contributed by atoms with van der Waals surface area (Å²) in [4.78, 5) is 23.2. The number of ether oxygens (including phenoxy) is 1. The largest absolute Gasteiger partial charge is 0.466 e. The first-order valence-electron chi connectivity index (χ1n) is 5.27. The van der Waals surface area contributed by atoms with Crippen molar-refractivity contribution in [3.63, 3.8) is 0 Å². The quantitative estimate of drug-likeness (QED) is 0.704. The van der Waals surface area contributed by atoms with Crippen LogP contribution in [0.5, 0.6) is 0 Å². The molecule has 2 unspecified atom stereocenters. The second-order valence-corrected chi connectivity index (χ2v) is 4.19. The number of hydrogen-bond donors (Lipinski definition) is 1. The summed E-state index contributed by atoms with van der Waals surface area (Å²) in [6.07, 6.45) is -0.395. The highest BCUT2D eigenvalue weighted by molar-refractivity contribution is 5.71. The lowest BCUT2D eigenvalue weighted by Gasteiger charge is -2.15. The average molecular weight is 213 g/mol. The Morgan fingerprint density at radius 1 is 1.40 bits per heavy atom. The molecule has 0 bridgehead atoms. The third kappa shape index (κ3) is 1.91. The Balaban J connectivity index is 1.75. The van der Waals surface area contributed by atoms with Crippen LogP contribution in [0.25, 0.3) is 0 Å². The second kappa shape index (κ2) is 3.72. The van der Waals surface area contributed by atoms with Gasteiger partial charge >= 0.3 is 12.1 Å². The minimum Gasteiger partial charge on any atom is -0.466 e. The SMILES string of the molecule is CCOC(=O)CC1C2CN(C(=O)O)C[C@H]12. The van der Waals surface area contributed by atoms with Gasteiger partial charge in [-0.25, -0.2) is 4.79 Å². The number of amides is 1. The lowest BCUT2D eigenvalue weighted by molar-refractivity contribution is -0.143. The first-order valence-corrected chi connectivity index (χ1v) is 5.27. The summed E-state index contributed by atoms with van der Waals surface area (Å²) in [5, 5.41) is 8.74. The van der Waals surface area contributed by atoms with Gasteiger partial charge in [0, 0.05) is 19.5 Å². The van der Waals surface area contributed by atoms with Gasteiger partial charge in [-0.1, -0.05) is 0 Å². The molecule has 1 N–H and O–H groups in total. The smallest absolute Gasteiger partial charge is 0.407 e. The number of carbonyl (C=O) groups is 2. The summed E-state index contributed by atoms with van der Waals surface area (Å²) in [6, 6.07) is 0. The highest BCUT2D eigenvalue weighted by atomic mass is 16.5. The molecule has 84 valence electrons. The predicted octanol–water partition coefficient (Wildman–Crippen LogP) is 0.795. The van der Waals surface area contributed by atoms with E-state index in [1.54, 1.807) is 6.92 Å². The highest BCUT2D eigenvalue weighted by Crippen LogP contribution is 2.53. The molecule has 0 spiro atoms.